The van der Waals surface area contributed by atoms with Crippen molar-refractivity contribution in [2.24, 2.45) is 0 Å². The van der Waals surface area contributed by atoms with Gasteiger partial charge in [-0.3, -0.25) is 4.79 Å². The zero-order chi connectivity index (χ0) is 12.1. The lowest BCUT2D eigenvalue weighted by atomic mass is 10.4. The van der Waals surface area contributed by atoms with Gasteiger partial charge in [0.05, 0.1) is 12.7 Å². The lowest BCUT2D eigenvalue weighted by Gasteiger charge is -2.07. The number of pyridine rings is 2. The molecular weight excluding hydrogens is 284 g/mol. The Kier molecular flexibility index (Phi) is 3.93. The molecule has 88 valence electrons. The number of aromatic nitrogens is 2. The Morgan fingerprint density at radius 1 is 1.29 bits per heavy atom. The van der Waals surface area contributed by atoms with Gasteiger partial charge in [0.1, 0.15) is 17.0 Å². The smallest absolute Gasteiger partial charge is 0.250 e. The van der Waals surface area contributed by atoms with E-state index in [4.69, 9.17) is 4.74 Å². The molecule has 0 aromatic carbocycles. The van der Waals surface area contributed by atoms with Gasteiger partial charge in [-0.05, 0) is 34.1 Å². The summed E-state index contributed by atoms with van der Waals surface area (Å²) in [4.78, 5) is 15.4. The summed E-state index contributed by atoms with van der Waals surface area (Å²) in [5.41, 5.74) is -0.0231. The van der Waals surface area contributed by atoms with Gasteiger partial charge in [-0.15, -0.1) is 0 Å². The molecule has 0 aliphatic rings. The third-order valence-electron chi connectivity index (χ3n) is 2.20. The summed E-state index contributed by atoms with van der Waals surface area (Å²) in [6.07, 6.45) is 3.38. The second kappa shape index (κ2) is 5.63. The summed E-state index contributed by atoms with van der Waals surface area (Å²) in [6.45, 7) is 0.961. The lowest BCUT2D eigenvalue weighted by molar-refractivity contribution is 0.295. The molecule has 5 heteroatoms. The van der Waals surface area contributed by atoms with E-state index < -0.39 is 0 Å². The SMILES string of the molecule is O=c1ccccn1CCOc1ccc(Br)nc1. The van der Waals surface area contributed by atoms with Gasteiger partial charge in [0.15, 0.2) is 0 Å². The van der Waals surface area contributed by atoms with E-state index in [-0.39, 0.29) is 5.56 Å². The highest BCUT2D eigenvalue weighted by molar-refractivity contribution is 9.10. The van der Waals surface area contributed by atoms with Crippen molar-refractivity contribution in [3.05, 3.63) is 57.7 Å². The van der Waals surface area contributed by atoms with Crippen LogP contribution in [-0.2, 0) is 6.54 Å². The summed E-state index contributed by atoms with van der Waals surface area (Å²) in [5.74, 6) is 0.692. The van der Waals surface area contributed by atoms with Gasteiger partial charge in [-0.2, -0.15) is 0 Å². The van der Waals surface area contributed by atoms with Crippen LogP contribution in [0.3, 0.4) is 0 Å². The highest BCUT2D eigenvalue weighted by Gasteiger charge is 1.96. The minimum atomic E-state index is -0.0231. The molecule has 2 aromatic heterocycles. The number of hydrogen-bond donors (Lipinski definition) is 0. The predicted octanol–water partition coefficient (Wildman–Crippen LogP) is 2.08. The summed E-state index contributed by atoms with van der Waals surface area (Å²) < 4.78 is 7.85. The molecule has 2 rings (SSSR count). The molecule has 0 atom stereocenters. The molecule has 0 unspecified atom stereocenters. The molecule has 17 heavy (non-hydrogen) atoms. The fourth-order valence-corrected chi connectivity index (χ4v) is 1.59. The normalized spacial score (nSPS) is 10.2. The maximum absolute atomic E-state index is 11.4. The number of hydrogen-bond acceptors (Lipinski definition) is 3. The van der Waals surface area contributed by atoms with Crippen molar-refractivity contribution in [3.8, 4) is 5.75 Å². The number of nitrogens with zero attached hydrogens (tertiary/aromatic N) is 2. The first-order chi connectivity index (χ1) is 8.25. The van der Waals surface area contributed by atoms with Crippen LogP contribution in [0.5, 0.6) is 5.75 Å². The van der Waals surface area contributed by atoms with Crippen LogP contribution in [0.25, 0.3) is 0 Å². The quantitative estimate of drug-likeness (QED) is 0.811. The third-order valence-corrected chi connectivity index (χ3v) is 2.67. The molecule has 2 heterocycles. The van der Waals surface area contributed by atoms with Gasteiger partial charge in [0, 0.05) is 12.3 Å². The van der Waals surface area contributed by atoms with Gasteiger partial charge < -0.3 is 9.30 Å². The maximum Gasteiger partial charge on any atom is 0.250 e. The fourth-order valence-electron chi connectivity index (χ4n) is 1.35. The molecule has 0 spiro atoms. The monoisotopic (exact) mass is 294 g/mol. The van der Waals surface area contributed by atoms with Crippen LogP contribution in [0.15, 0.2) is 52.1 Å². The minimum absolute atomic E-state index is 0.0231. The van der Waals surface area contributed by atoms with Crippen molar-refractivity contribution in [1.82, 2.24) is 9.55 Å². The second-order valence-electron chi connectivity index (χ2n) is 3.40. The Morgan fingerprint density at radius 2 is 2.18 bits per heavy atom. The first-order valence-electron chi connectivity index (χ1n) is 5.15. The second-order valence-corrected chi connectivity index (χ2v) is 4.21. The van der Waals surface area contributed by atoms with Crippen molar-refractivity contribution in [3.63, 3.8) is 0 Å². The van der Waals surface area contributed by atoms with Crippen LogP contribution < -0.4 is 10.3 Å². The zero-order valence-corrected chi connectivity index (χ0v) is 10.6. The van der Waals surface area contributed by atoms with Gasteiger partial charge in [0.25, 0.3) is 5.56 Å². The van der Waals surface area contributed by atoms with E-state index in [1.165, 1.54) is 6.07 Å². The van der Waals surface area contributed by atoms with Crippen molar-refractivity contribution in [2.75, 3.05) is 6.61 Å². The van der Waals surface area contributed by atoms with E-state index in [0.717, 1.165) is 4.60 Å². The standard InChI is InChI=1S/C12H11BrN2O2/c13-11-5-4-10(9-14-11)17-8-7-15-6-2-1-3-12(15)16/h1-6,9H,7-8H2. The largest absolute Gasteiger partial charge is 0.490 e. The Hall–Kier alpha value is -1.62. The van der Waals surface area contributed by atoms with Gasteiger partial charge in [-0.1, -0.05) is 6.07 Å². The van der Waals surface area contributed by atoms with Crippen LogP contribution in [0, 0.1) is 0 Å². The molecule has 0 fully saturated rings. The molecule has 0 N–H and O–H groups in total. The topological polar surface area (TPSA) is 44.1 Å². The Bertz CT molecular complexity index is 537. The molecule has 0 amide bonds. The predicted molar refractivity (Wildman–Crippen MR) is 68.1 cm³/mol. The summed E-state index contributed by atoms with van der Waals surface area (Å²) in [6, 6.07) is 8.71. The van der Waals surface area contributed by atoms with Crippen LogP contribution in [0.1, 0.15) is 0 Å². The van der Waals surface area contributed by atoms with E-state index in [1.807, 2.05) is 18.2 Å². The van der Waals surface area contributed by atoms with Crippen LogP contribution in [0.4, 0.5) is 0 Å². The van der Waals surface area contributed by atoms with Gasteiger partial charge in [0.2, 0.25) is 0 Å². The van der Waals surface area contributed by atoms with Gasteiger partial charge in [-0.25, -0.2) is 4.98 Å². The van der Waals surface area contributed by atoms with Crippen LogP contribution in [0.2, 0.25) is 0 Å². The average Bonchev–Trinajstić information content (AvgIpc) is 2.34. The molecule has 0 saturated carbocycles. The lowest BCUT2D eigenvalue weighted by Crippen LogP contribution is -2.21. The summed E-state index contributed by atoms with van der Waals surface area (Å²) in [7, 11) is 0. The van der Waals surface area contributed by atoms with Gasteiger partial charge >= 0.3 is 0 Å². The molecule has 0 aliphatic heterocycles. The van der Waals surface area contributed by atoms with E-state index in [0.29, 0.717) is 18.9 Å². The molecular formula is C12H11BrN2O2. The Morgan fingerprint density at radius 3 is 2.88 bits per heavy atom. The summed E-state index contributed by atoms with van der Waals surface area (Å²) >= 11 is 3.25. The zero-order valence-electron chi connectivity index (χ0n) is 9.04. The van der Waals surface area contributed by atoms with Crippen LogP contribution >= 0.6 is 15.9 Å². The van der Waals surface area contributed by atoms with Crippen LogP contribution in [-0.4, -0.2) is 16.2 Å². The number of ether oxygens (including phenoxy) is 1. The van der Waals surface area contributed by atoms with Crippen molar-refractivity contribution >= 4 is 15.9 Å². The third kappa shape index (κ3) is 3.42. The Labute approximate surface area is 107 Å². The van der Waals surface area contributed by atoms with Crippen molar-refractivity contribution < 1.29 is 4.74 Å². The molecule has 0 bridgehead atoms. The highest BCUT2D eigenvalue weighted by atomic mass is 79.9. The number of rotatable bonds is 4. The van der Waals surface area contributed by atoms with Crippen molar-refractivity contribution in [2.45, 2.75) is 6.54 Å². The van der Waals surface area contributed by atoms with E-state index >= 15 is 0 Å². The fraction of sp³-hybridized carbons (Fsp3) is 0.167. The molecule has 4 nitrogen and oxygen atoms in total. The van der Waals surface area contributed by atoms with E-state index in [1.54, 1.807) is 23.0 Å². The molecule has 2 aromatic rings. The molecule has 0 saturated heterocycles. The van der Waals surface area contributed by atoms with E-state index in [2.05, 4.69) is 20.9 Å². The first kappa shape index (κ1) is 11.9. The minimum Gasteiger partial charge on any atom is -0.490 e. The Balaban J connectivity index is 1.90. The molecule has 0 aliphatic carbocycles. The average molecular weight is 295 g/mol. The molecule has 0 radical (unpaired) electrons. The van der Waals surface area contributed by atoms with E-state index in [9.17, 15) is 4.79 Å². The summed E-state index contributed by atoms with van der Waals surface area (Å²) in [5, 5.41) is 0. The maximum atomic E-state index is 11.4. The number of halogens is 1. The highest BCUT2D eigenvalue weighted by Crippen LogP contribution is 2.12. The van der Waals surface area contributed by atoms with Crippen molar-refractivity contribution in [1.29, 1.82) is 0 Å². The first-order valence-corrected chi connectivity index (χ1v) is 5.95.